The van der Waals surface area contributed by atoms with Crippen LogP contribution >= 0.6 is 0 Å². The number of H-pyrrole nitrogens is 1. The van der Waals surface area contributed by atoms with Crippen LogP contribution < -0.4 is 0 Å². The van der Waals surface area contributed by atoms with Crippen molar-refractivity contribution in [1.82, 2.24) is 4.98 Å². The van der Waals surface area contributed by atoms with Crippen molar-refractivity contribution in [3.05, 3.63) is 34.7 Å². The summed E-state index contributed by atoms with van der Waals surface area (Å²) in [5, 5.41) is 0. The van der Waals surface area contributed by atoms with Crippen molar-refractivity contribution in [3.8, 4) is 0 Å². The summed E-state index contributed by atoms with van der Waals surface area (Å²) in [6.07, 6.45) is 5.38. The van der Waals surface area contributed by atoms with Crippen LogP contribution in [0.2, 0.25) is 0 Å². The van der Waals surface area contributed by atoms with Crippen molar-refractivity contribution in [2.24, 2.45) is 4.99 Å². The van der Waals surface area contributed by atoms with Crippen molar-refractivity contribution in [3.63, 3.8) is 0 Å². The highest BCUT2D eigenvalue weighted by atomic mass is 16.1. The molecule has 16 heavy (non-hydrogen) atoms. The van der Waals surface area contributed by atoms with Gasteiger partial charge in [-0.15, -0.1) is 0 Å². The van der Waals surface area contributed by atoms with Gasteiger partial charge in [0.25, 0.3) is 5.91 Å². The fraction of sp³-hybridized carbons (Fsp3) is 0.385. The van der Waals surface area contributed by atoms with E-state index in [1.807, 2.05) is 19.2 Å². The molecule has 1 aromatic heterocycles. The third-order valence-electron chi connectivity index (χ3n) is 3.11. The first-order chi connectivity index (χ1) is 7.61. The van der Waals surface area contributed by atoms with Crippen LogP contribution in [0.5, 0.6) is 0 Å². The summed E-state index contributed by atoms with van der Waals surface area (Å²) in [5.41, 5.74) is 5.34. The Hall–Kier alpha value is -1.64. The van der Waals surface area contributed by atoms with Gasteiger partial charge >= 0.3 is 0 Å². The molecule has 0 saturated carbocycles. The minimum absolute atomic E-state index is 0.0709. The Kier molecular flexibility index (Phi) is 2.77. The number of hydrogen-bond donors (Lipinski definition) is 1. The first-order valence-electron chi connectivity index (χ1n) is 5.57. The number of carbonyl (C=O) groups is 1. The van der Waals surface area contributed by atoms with Crippen LogP contribution in [0.15, 0.2) is 22.8 Å². The zero-order valence-electron chi connectivity index (χ0n) is 9.92. The van der Waals surface area contributed by atoms with Gasteiger partial charge in [0.2, 0.25) is 0 Å². The van der Waals surface area contributed by atoms with Gasteiger partial charge < -0.3 is 4.98 Å². The van der Waals surface area contributed by atoms with E-state index in [4.69, 9.17) is 0 Å². The molecule has 0 radical (unpaired) electrons. The van der Waals surface area contributed by atoms with Gasteiger partial charge in [-0.2, -0.15) is 0 Å². The molecule has 2 rings (SSSR count). The maximum atomic E-state index is 11.4. The van der Waals surface area contributed by atoms with Crippen molar-refractivity contribution in [2.75, 3.05) is 0 Å². The summed E-state index contributed by atoms with van der Waals surface area (Å²) in [5.74, 6) is -0.0709. The Morgan fingerprint density at radius 2 is 2.12 bits per heavy atom. The minimum Gasteiger partial charge on any atom is -0.364 e. The van der Waals surface area contributed by atoms with E-state index in [0.29, 0.717) is 0 Å². The monoisotopic (exact) mass is 216 g/mol. The van der Waals surface area contributed by atoms with Gasteiger partial charge in [-0.3, -0.25) is 4.79 Å². The largest absolute Gasteiger partial charge is 0.364 e. The van der Waals surface area contributed by atoms with Crippen LogP contribution in [0.1, 0.15) is 30.2 Å². The average molecular weight is 216 g/mol. The Morgan fingerprint density at radius 1 is 1.38 bits per heavy atom. The number of aryl methyl sites for hydroxylation is 1. The molecule has 0 spiro atoms. The SMILES string of the molecule is CCC1=CC(Cc2[nH]cc(C)c2C)=NC1=O. The van der Waals surface area contributed by atoms with Crippen LogP contribution in [0.3, 0.4) is 0 Å². The molecule has 1 aliphatic rings. The summed E-state index contributed by atoms with van der Waals surface area (Å²) in [6.45, 7) is 6.14. The predicted molar refractivity (Wildman–Crippen MR) is 64.8 cm³/mol. The number of carbonyl (C=O) groups excluding carboxylic acids is 1. The first kappa shape index (κ1) is 10.9. The summed E-state index contributed by atoms with van der Waals surface area (Å²) in [7, 11) is 0. The third-order valence-corrected chi connectivity index (χ3v) is 3.11. The zero-order chi connectivity index (χ0) is 11.7. The fourth-order valence-electron chi connectivity index (χ4n) is 1.86. The molecular formula is C13H16N2O. The van der Waals surface area contributed by atoms with Crippen LogP contribution in [0, 0.1) is 13.8 Å². The number of hydrogen-bond acceptors (Lipinski definition) is 1. The molecule has 3 heteroatoms. The predicted octanol–water partition coefficient (Wildman–Crippen LogP) is 2.49. The number of nitrogens with zero attached hydrogens (tertiary/aromatic N) is 1. The Bertz CT molecular complexity index is 492. The molecule has 0 aromatic carbocycles. The molecule has 1 N–H and O–H groups in total. The lowest BCUT2D eigenvalue weighted by molar-refractivity contribution is -0.114. The Labute approximate surface area is 95.3 Å². The third kappa shape index (κ3) is 1.85. The Balaban J connectivity index is 2.19. The number of rotatable bonds is 3. The lowest BCUT2D eigenvalue weighted by Gasteiger charge is -1.98. The van der Waals surface area contributed by atoms with Crippen LogP contribution in [0.25, 0.3) is 0 Å². The fourth-order valence-corrected chi connectivity index (χ4v) is 1.86. The van der Waals surface area contributed by atoms with Gasteiger partial charge in [-0.05, 0) is 37.5 Å². The number of nitrogens with one attached hydrogen (secondary N) is 1. The van der Waals surface area contributed by atoms with E-state index in [1.165, 1.54) is 11.1 Å². The molecule has 0 atom stereocenters. The second kappa shape index (κ2) is 4.08. The number of allylic oxidation sites excluding steroid dienone is 1. The normalized spacial score (nSPS) is 15.3. The molecule has 1 amide bonds. The van der Waals surface area contributed by atoms with Gasteiger partial charge in [-0.1, -0.05) is 6.92 Å². The summed E-state index contributed by atoms with van der Waals surface area (Å²) >= 11 is 0. The number of aromatic amines is 1. The molecule has 0 fully saturated rings. The second-order valence-corrected chi connectivity index (χ2v) is 4.18. The molecular weight excluding hydrogens is 200 g/mol. The zero-order valence-corrected chi connectivity index (χ0v) is 9.92. The van der Waals surface area contributed by atoms with Gasteiger partial charge in [0.15, 0.2) is 0 Å². The molecule has 0 aliphatic carbocycles. The van der Waals surface area contributed by atoms with E-state index in [1.54, 1.807) is 0 Å². The molecule has 2 heterocycles. The Morgan fingerprint density at radius 3 is 2.62 bits per heavy atom. The van der Waals surface area contributed by atoms with E-state index < -0.39 is 0 Å². The highest BCUT2D eigenvalue weighted by Gasteiger charge is 2.17. The molecule has 1 aromatic rings. The number of aromatic nitrogens is 1. The molecule has 1 aliphatic heterocycles. The molecule has 0 saturated heterocycles. The van der Waals surface area contributed by atoms with E-state index in [2.05, 4.69) is 23.8 Å². The highest BCUT2D eigenvalue weighted by molar-refractivity contribution is 6.16. The van der Waals surface area contributed by atoms with Gasteiger partial charge in [0, 0.05) is 23.9 Å². The van der Waals surface area contributed by atoms with Crippen molar-refractivity contribution in [2.45, 2.75) is 33.6 Å². The quantitative estimate of drug-likeness (QED) is 0.829. The van der Waals surface area contributed by atoms with E-state index in [0.717, 1.165) is 29.8 Å². The van der Waals surface area contributed by atoms with E-state index >= 15 is 0 Å². The van der Waals surface area contributed by atoms with Crippen LogP contribution in [0.4, 0.5) is 0 Å². The topological polar surface area (TPSA) is 45.2 Å². The second-order valence-electron chi connectivity index (χ2n) is 4.18. The van der Waals surface area contributed by atoms with E-state index in [9.17, 15) is 4.79 Å². The first-order valence-corrected chi connectivity index (χ1v) is 5.57. The number of aliphatic imine (C=N–C) groups is 1. The summed E-state index contributed by atoms with van der Waals surface area (Å²) in [6, 6.07) is 0. The highest BCUT2D eigenvalue weighted by Crippen LogP contribution is 2.17. The standard InChI is InChI=1S/C13H16N2O/c1-4-10-5-11(15-13(10)16)6-12-9(3)8(2)7-14-12/h5,7,14H,4,6H2,1-3H3. The summed E-state index contributed by atoms with van der Waals surface area (Å²) in [4.78, 5) is 18.7. The lowest BCUT2D eigenvalue weighted by atomic mass is 10.1. The van der Waals surface area contributed by atoms with Crippen LogP contribution in [-0.2, 0) is 11.2 Å². The van der Waals surface area contributed by atoms with Gasteiger partial charge in [-0.25, -0.2) is 4.99 Å². The smallest absolute Gasteiger partial charge is 0.273 e. The number of amides is 1. The van der Waals surface area contributed by atoms with Crippen LogP contribution in [-0.4, -0.2) is 16.6 Å². The molecule has 0 unspecified atom stereocenters. The van der Waals surface area contributed by atoms with Gasteiger partial charge in [0.1, 0.15) is 0 Å². The summed E-state index contributed by atoms with van der Waals surface area (Å²) < 4.78 is 0. The maximum Gasteiger partial charge on any atom is 0.273 e. The van der Waals surface area contributed by atoms with Gasteiger partial charge in [0.05, 0.1) is 5.71 Å². The average Bonchev–Trinajstić information content (AvgIpc) is 2.76. The minimum atomic E-state index is -0.0709. The van der Waals surface area contributed by atoms with Crippen molar-refractivity contribution < 1.29 is 4.79 Å². The molecule has 84 valence electrons. The van der Waals surface area contributed by atoms with E-state index in [-0.39, 0.29) is 5.91 Å². The molecule has 3 nitrogen and oxygen atoms in total. The lowest BCUT2D eigenvalue weighted by Crippen LogP contribution is -1.99. The van der Waals surface area contributed by atoms with Crippen molar-refractivity contribution in [1.29, 1.82) is 0 Å². The maximum absolute atomic E-state index is 11.4. The van der Waals surface area contributed by atoms with Crippen molar-refractivity contribution >= 4 is 11.6 Å². The molecule has 0 bridgehead atoms.